The predicted molar refractivity (Wildman–Crippen MR) is 53.7 cm³/mol. The van der Waals surface area contributed by atoms with Crippen LogP contribution in [0.5, 0.6) is 0 Å². The smallest absolute Gasteiger partial charge is 0.372 e. The van der Waals surface area contributed by atoms with Crippen LogP contribution < -0.4 is 0 Å². The minimum absolute atomic E-state index is 0.347. The van der Waals surface area contributed by atoms with Crippen LogP contribution in [0.1, 0.15) is 32.1 Å². The molecule has 0 spiro atoms. The maximum absolute atomic E-state index is 11.2. The molecule has 1 fully saturated rings. The first-order valence-corrected chi connectivity index (χ1v) is 5.12. The molecule has 0 aliphatic heterocycles. The Kier molecular flexibility index (Phi) is 4.50. The van der Waals surface area contributed by atoms with Gasteiger partial charge in [-0.15, -0.1) is 0 Å². The highest BCUT2D eigenvalue weighted by atomic mass is 16.6. The predicted octanol–water partition coefficient (Wildman–Crippen LogP) is 2.27. The van der Waals surface area contributed by atoms with Crippen LogP contribution in [-0.2, 0) is 14.3 Å². The van der Waals surface area contributed by atoms with E-state index >= 15 is 0 Å². The van der Waals surface area contributed by atoms with Gasteiger partial charge in [-0.2, -0.15) is 0 Å². The lowest BCUT2D eigenvalue weighted by molar-refractivity contribution is -0.139. The van der Waals surface area contributed by atoms with Crippen molar-refractivity contribution in [2.45, 2.75) is 32.1 Å². The van der Waals surface area contributed by atoms with Crippen molar-refractivity contribution in [3.05, 3.63) is 11.8 Å². The van der Waals surface area contributed by atoms with E-state index in [9.17, 15) is 4.79 Å². The van der Waals surface area contributed by atoms with E-state index in [-0.39, 0.29) is 5.97 Å². The number of esters is 1. The quantitative estimate of drug-likeness (QED) is 0.396. The Morgan fingerprint density at radius 3 is 2.29 bits per heavy atom. The fraction of sp³-hybridized carbons (Fsp3) is 0.727. The summed E-state index contributed by atoms with van der Waals surface area (Å²) < 4.78 is 9.60. The highest BCUT2D eigenvalue weighted by Gasteiger charge is 2.16. The lowest BCUT2D eigenvalue weighted by atomic mass is 9.89. The zero-order valence-electron chi connectivity index (χ0n) is 8.91. The highest BCUT2D eigenvalue weighted by molar-refractivity contribution is 5.86. The van der Waals surface area contributed by atoms with Crippen molar-refractivity contribution in [1.29, 1.82) is 0 Å². The van der Waals surface area contributed by atoms with Gasteiger partial charge in [0.2, 0.25) is 5.76 Å². The summed E-state index contributed by atoms with van der Waals surface area (Å²) in [6, 6.07) is 0. The molecule has 1 aliphatic rings. The third-order valence-electron chi connectivity index (χ3n) is 2.64. The molecule has 0 atom stereocenters. The second-order valence-corrected chi connectivity index (χ2v) is 3.62. The Hall–Kier alpha value is -0.990. The number of methoxy groups -OCH3 is 2. The van der Waals surface area contributed by atoms with E-state index in [4.69, 9.17) is 4.74 Å². The van der Waals surface area contributed by atoms with Crippen molar-refractivity contribution < 1.29 is 14.3 Å². The normalized spacial score (nSPS) is 19.1. The van der Waals surface area contributed by atoms with Crippen molar-refractivity contribution >= 4 is 5.97 Å². The molecule has 80 valence electrons. The minimum Gasteiger partial charge on any atom is -0.490 e. The lowest BCUT2D eigenvalue weighted by Gasteiger charge is -2.18. The van der Waals surface area contributed by atoms with Crippen LogP contribution in [0.15, 0.2) is 11.8 Å². The number of allylic oxidation sites excluding steroid dienone is 1. The topological polar surface area (TPSA) is 35.5 Å². The molecule has 3 heteroatoms. The molecule has 0 aromatic rings. The zero-order valence-corrected chi connectivity index (χ0v) is 8.91. The average Bonchev–Trinajstić information content (AvgIpc) is 2.26. The summed E-state index contributed by atoms with van der Waals surface area (Å²) in [6.07, 6.45) is 8.03. The van der Waals surface area contributed by atoms with Crippen LogP contribution in [-0.4, -0.2) is 20.2 Å². The number of carbonyl (C=O) groups excluding carboxylic acids is 1. The van der Waals surface area contributed by atoms with Gasteiger partial charge in [0.25, 0.3) is 0 Å². The summed E-state index contributed by atoms with van der Waals surface area (Å²) in [7, 11) is 2.88. The molecule has 3 nitrogen and oxygen atoms in total. The van der Waals surface area contributed by atoms with Gasteiger partial charge in [-0.25, -0.2) is 4.79 Å². The van der Waals surface area contributed by atoms with E-state index < -0.39 is 0 Å². The first-order chi connectivity index (χ1) is 6.77. The number of ether oxygens (including phenoxy) is 2. The van der Waals surface area contributed by atoms with E-state index in [0.717, 1.165) is 12.8 Å². The van der Waals surface area contributed by atoms with Crippen LogP contribution >= 0.6 is 0 Å². The molecule has 0 N–H and O–H groups in total. The fourth-order valence-electron chi connectivity index (χ4n) is 1.83. The van der Waals surface area contributed by atoms with Crippen LogP contribution in [0, 0.1) is 5.92 Å². The third kappa shape index (κ3) is 3.05. The maximum atomic E-state index is 11.2. The van der Waals surface area contributed by atoms with E-state index in [0.29, 0.717) is 11.7 Å². The highest BCUT2D eigenvalue weighted by Crippen LogP contribution is 2.25. The summed E-state index contributed by atoms with van der Waals surface area (Å²) in [5.41, 5.74) is 0. The largest absolute Gasteiger partial charge is 0.490 e. The van der Waals surface area contributed by atoms with Gasteiger partial charge in [-0.1, -0.05) is 19.3 Å². The van der Waals surface area contributed by atoms with Gasteiger partial charge in [0, 0.05) is 0 Å². The molecule has 0 saturated heterocycles. The number of rotatable bonds is 3. The molecule has 0 amide bonds. The third-order valence-corrected chi connectivity index (χ3v) is 2.64. The monoisotopic (exact) mass is 198 g/mol. The molecule has 0 aromatic carbocycles. The van der Waals surface area contributed by atoms with E-state index in [1.165, 1.54) is 33.5 Å². The van der Waals surface area contributed by atoms with Crippen molar-refractivity contribution in [3.8, 4) is 0 Å². The number of hydrogen-bond acceptors (Lipinski definition) is 3. The Balaban J connectivity index is 2.56. The average molecular weight is 198 g/mol. The molecule has 1 rings (SSSR count). The van der Waals surface area contributed by atoms with E-state index in [2.05, 4.69) is 4.74 Å². The lowest BCUT2D eigenvalue weighted by Crippen LogP contribution is -2.11. The maximum Gasteiger partial charge on any atom is 0.372 e. The van der Waals surface area contributed by atoms with Crippen molar-refractivity contribution in [2.24, 2.45) is 5.92 Å². The van der Waals surface area contributed by atoms with Crippen LogP contribution in [0.4, 0.5) is 0 Å². The fourth-order valence-corrected chi connectivity index (χ4v) is 1.83. The Bertz CT molecular complexity index is 215. The molecule has 1 saturated carbocycles. The second kappa shape index (κ2) is 5.68. The van der Waals surface area contributed by atoms with Gasteiger partial charge in [-0.3, -0.25) is 0 Å². The molecule has 0 bridgehead atoms. The first kappa shape index (κ1) is 11.1. The Morgan fingerprint density at radius 1 is 1.14 bits per heavy atom. The van der Waals surface area contributed by atoms with Gasteiger partial charge in [0.05, 0.1) is 14.2 Å². The van der Waals surface area contributed by atoms with Gasteiger partial charge in [-0.05, 0) is 24.8 Å². The van der Waals surface area contributed by atoms with Crippen LogP contribution in [0.25, 0.3) is 0 Å². The van der Waals surface area contributed by atoms with Gasteiger partial charge < -0.3 is 9.47 Å². The van der Waals surface area contributed by atoms with Crippen LogP contribution in [0.2, 0.25) is 0 Å². The zero-order chi connectivity index (χ0) is 10.4. The standard InChI is InChI=1S/C11H18O3/c1-13-10(11(12)14-2)8-9-6-4-3-5-7-9/h8-9H,3-7H2,1-2H3. The molecule has 14 heavy (non-hydrogen) atoms. The molecular weight excluding hydrogens is 180 g/mol. The van der Waals surface area contributed by atoms with Crippen molar-refractivity contribution in [1.82, 2.24) is 0 Å². The van der Waals surface area contributed by atoms with Crippen molar-refractivity contribution in [3.63, 3.8) is 0 Å². The summed E-state index contributed by atoms with van der Waals surface area (Å²) >= 11 is 0. The van der Waals surface area contributed by atoms with Gasteiger partial charge in [0.1, 0.15) is 0 Å². The Morgan fingerprint density at radius 2 is 1.79 bits per heavy atom. The summed E-state index contributed by atoms with van der Waals surface area (Å²) in [5, 5.41) is 0. The van der Waals surface area contributed by atoms with E-state index in [1.807, 2.05) is 6.08 Å². The molecule has 0 aromatic heterocycles. The van der Waals surface area contributed by atoms with Gasteiger partial charge >= 0.3 is 5.97 Å². The first-order valence-electron chi connectivity index (χ1n) is 5.12. The van der Waals surface area contributed by atoms with Crippen molar-refractivity contribution in [2.75, 3.05) is 14.2 Å². The molecule has 1 aliphatic carbocycles. The SMILES string of the molecule is COC(=O)C(=CC1CCCCC1)OC. The minimum atomic E-state index is -0.377. The molecule has 0 radical (unpaired) electrons. The molecule has 0 unspecified atom stereocenters. The summed E-state index contributed by atoms with van der Waals surface area (Å²) in [4.78, 5) is 11.2. The summed E-state index contributed by atoms with van der Waals surface area (Å²) in [5.74, 6) is 0.454. The van der Waals surface area contributed by atoms with Gasteiger partial charge in [0.15, 0.2) is 0 Å². The van der Waals surface area contributed by atoms with E-state index in [1.54, 1.807) is 0 Å². The number of hydrogen-bond donors (Lipinski definition) is 0. The second-order valence-electron chi connectivity index (χ2n) is 3.62. The molecular formula is C11H18O3. The Labute approximate surface area is 85.1 Å². The number of carbonyl (C=O) groups is 1. The van der Waals surface area contributed by atoms with Crippen LogP contribution in [0.3, 0.4) is 0 Å². The molecule has 0 heterocycles. The summed E-state index contributed by atoms with van der Waals surface area (Å²) in [6.45, 7) is 0.